The molecule has 5 heterocycles. The summed E-state index contributed by atoms with van der Waals surface area (Å²) in [5.41, 5.74) is 3.86. The van der Waals surface area contributed by atoms with Crippen LogP contribution in [0.1, 0.15) is 17.0 Å². The van der Waals surface area contributed by atoms with Crippen molar-refractivity contribution >= 4 is 32.7 Å². The third kappa shape index (κ3) is 3.03. The zero-order valence-electron chi connectivity index (χ0n) is 18.6. The summed E-state index contributed by atoms with van der Waals surface area (Å²) in [5, 5.41) is 17.6. The standard InChI is InChI=1S/C24H20N8O2/c1-14-5-3-7-16(28-14)13-32-23(33)21-18-10-26-31(24(34)22(18)30(2)20(21)11-27-32)12-15-6-4-8-19-17(15)9-25-29-19/h3-11H,12-13H2,1-2H3,(H,25,29). The Kier molecular flexibility index (Phi) is 4.41. The lowest BCUT2D eigenvalue weighted by molar-refractivity contribution is 0.633. The van der Waals surface area contributed by atoms with Crippen LogP contribution in [-0.2, 0) is 20.1 Å². The minimum absolute atomic E-state index is 0.242. The van der Waals surface area contributed by atoms with Crippen molar-refractivity contribution in [1.82, 2.24) is 39.3 Å². The fourth-order valence-electron chi connectivity index (χ4n) is 4.49. The third-order valence-corrected chi connectivity index (χ3v) is 6.16. The van der Waals surface area contributed by atoms with Crippen LogP contribution in [0.15, 0.2) is 64.6 Å². The molecule has 0 unspecified atom stereocenters. The molecule has 0 radical (unpaired) electrons. The lowest BCUT2D eigenvalue weighted by Crippen LogP contribution is -2.25. The molecule has 0 aliphatic heterocycles. The molecular weight excluding hydrogens is 432 g/mol. The first-order valence-electron chi connectivity index (χ1n) is 10.8. The Hall–Kier alpha value is -4.60. The smallest absolute Gasteiger partial charge is 0.291 e. The van der Waals surface area contributed by atoms with E-state index in [2.05, 4.69) is 25.4 Å². The Bertz CT molecular complexity index is 1840. The van der Waals surface area contributed by atoms with Crippen LogP contribution in [0.25, 0.3) is 32.7 Å². The van der Waals surface area contributed by atoms with Gasteiger partial charge in [-0.3, -0.25) is 19.7 Å². The Labute approximate surface area is 192 Å². The van der Waals surface area contributed by atoms with Gasteiger partial charge in [0, 0.05) is 23.5 Å². The number of aryl methyl sites for hydroxylation is 2. The maximum atomic E-state index is 13.4. The summed E-state index contributed by atoms with van der Waals surface area (Å²) in [6, 6.07) is 11.4. The lowest BCUT2D eigenvalue weighted by atomic mass is 10.1. The van der Waals surface area contributed by atoms with Crippen molar-refractivity contribution in [3.05, 3.63) is 92.6 Å². The maximum absolute atomic E-state index is 13.4. The van der Waals surface area contributed by atoms with Crippen molar-refractivity contribution in [3.63, 3.8) is 0 Å². The van der Waals surface area contributed by atoms with Gasteiger partial charge in [-0.1, -0.05) is 18.2 Å². The number of H-pyrrole nitrogens is 1. The fourth-order valence-corrected chi connectivity index (χ4v) is 4.49. The molecule has 6 aromatic rings. The number of hydrogen-bond donors (Lipinski definition) is 1. The van der Waals surface area contributed by atoms with Crippen molar-refractivity contribution in [2.75, 3.05) is 0 Å². The first-order chi connectivity index (χ1) is 16.5. The van der Waals surface area contributed by atoms with Gasteiger partial charge in [-0.15, -0.1) is 0 Å². The van der Waals surface area contributed by atoms with Crippen LogP contribution in [0.4, 0.5) is 0 Å². The van der Waals surface area contributed by atoms with Crippen molar-refractivity contribution in [2.24, 2.45) is 7.05 Å². The minimum Gasteiger partial charge on any atom is -0.338 e. The van der Waals surface area contributed by atoms with E-state index in [-0.39, 0.29) is 24.2 Å². The zero-order valence-corrected chi connectivity index (χ0v) is 18.6. The highest BCUT2D eigenvalue weighted by atomic mass is 16.1. The highest BCUT2D eigenvalue weighted by Crippen LogP contribution is 2.22. The van der Waals surface area contributed by atoms with Gasteiger partial charge in [0.05, 0.1) is 53.8 Å². The Balaban J connectivity index is 1.49. The highest BCUT2D eigenvalue weighted by Gasteiger charge is 2.19. The van der Waals surface area contributed by atoms with E-state index in [9.17, 15) is 9.59 Å². The molecule has 1 aromatic carbocycles. The quantitative estimate of drug-likeness (QED) is 0.438. The summed E-state index contributed by atoms with van der Waals surface area (Å²) >= 11 is 0. The number of hydrogen-bond acceptors (Lipinski definition) is 6. The molecule has 5 aromatic heterocycles. The van der Waals surface area contributed by atoms with Gasteiger partial charge in [-0.25, -0.2) is 9.36 Å². The summed E-state index contributed by atoms with van der Waals surface area (Å²) in [4.78, 5) is 31.3. The molecule has 0 saturated heterocycles. The summed E-state index contributed by atoms with van der Waals surface area (Å²) in [6.07, 6.45) is 4.94. The molecule has 0 saturated carbocycles. The number of nitrogens with zero attached hydrogens (tertiary/aromatic N) is 7. The SMILES string of the molecule is Cc1cccc(Cn2ncc3c(c2=O)c2cnn(Cc4cccc5[nH]ncc45)c(=O)c2n3C)n1. The lowest BCUT2D eigenvalue weighted by Gasteiger charge is -2.06. The average molecular weight is 452 g/mol. The van der Waals surface area contributed by atoms with Crippen LogP contribution >= 0.6 is 0 Å². The molecule has 10 nitrogen and oxygen atoms in total. The largest absolute Gasteiger partial charge is 0.338 e. The van der Waals surface area contributed by atoms with Gasteiger partial charge in [0.15, 0.2) is 0 Å². The summed E-state index contributed by atoms with van der Waals surface area (Å²) in [6.45, 7) is 2.43. The van der Waals surface area contributed by atoms with E-state index in [4.69, 9.17) is 0 Å². The molecule has 168 valence electrons. The van der Waals surface area contributed by atoms with E-state index >= 15 is 0 Å². The zero-order chi connectivity index (χ0) is 23.4. The van der Waals surface area contributed by atoms with E-state index in [0.717, 1.165) is 27.9 Å². The molecule has 0 spiro atoms. The van der Waals surface area contributed by atoms with Gasteiger partial charge in [-0.2, -0.15) is 15.3 Å². The molecule has 1 N–H and O–H groups in total. The van der Waals surface area contributed by atoms with E-state index in [1.165, 1.54) is 9.36 Å². The van der Waals surface area contributed by atoms with Gasteiger partial charge < -0.3 is 4.57 Å². The first-order valence-corrected chi connectivity index (χ1v) is 10.8. The van der Waals surface area contributed by atoms with E-state index in [0.29, 0.717) is 21.8 Å². The highest BCUT2D eigenvalue weighted by molar-refractivity contribution is 6.06. The third-order valence-electron chi connectivity index (χ3n) is 6.16. The number of nitrogens with one attached hydrogen (secondary N) is 1. The monoisotopic (exact) mass is 452 g/mol. The van der Waals surface area contributed by atoms with Crippen molar-refractivity contribution in [1.29, 1.82) is 0 Å². The van der Waals surface area contributed by atoms with Crippen LogP contribution in [0.3, 0.4) is 0 Å². The second-order valence-electron chi connectivity index (χ2n) is 8.31. The van der Waals surface area contributed by atoms with Crippen LogP contribution in [0.2, 0.25) is 0 Å². The van der Waals surface area contributed by atoms with Gasteiger partial charge in [0.1, 0.15) is 5.52 Å². The van der Waals surface area contributed by atoms with Gasteiger partial charge in [0.2, 0.25) is 0 Å². The normalized spacial score (nSPS) is 11.7. The summed E-state index contributed by atoms with van der Waals surface area (Å²) < 4.78 is 4.49. The number of fused-ring (bicyclic) bond motifs is 4. The molecule has 10 heteroatoms. The average Bonchev–Trinajstić information content (AvgIpc) is 3.42. The molecule has 34 heavy (non-hydrogen) atoms. The molecule has 0 bridgehead atoms. The molecule has 6 rings (SSSR count). The second kappa shape index (κ2) is 7.48. The summed E-state index contributed by atoms with van der Waals surface area (Å²) in [7, 11) is 1.76. The first kappa shape index (κ1) is 20.0. The maximum Gasteiger partial charge on any atom is 0.291 e. The molecule has 0 aliphatic carbocycles. The molecule has 0 atom stereocenters. The molecule has 0 fully saturated rings. The van der Waals surface area contributed by atoms with E-state index < -0.39 is 0 Å². The van der Waals surface area contributed by atoms with Gasteiger partial charge in [0.25, 0.3) is 11.1 Å². The van der Waals surface area contributed by atoms with Crippen LogP contribution < -0.4 is 11.1 Å². The van der Waals surface area contributed by atoms with Crippen LogP contribution in [-0.4, -0.2) is 39.3 Å². The second-order valence-corrected chi connectivity index (χ2v) is 8.31. The number of benzene rings is 1. The molecule has 0 aliphatic rings. The number of rotatable bonds is 4. The Morgan fingerprint density at radius 2 is 1.68 bits per heavy atom. The fraction of sp³-hybridized carbons (Fsp3) is 0.167. The molecular formula is C24H20N8O2. The summed E-state index contributed by atoms with van der Waals surface area (Å²) in [5.74, 6) is 0. The van der Waals surface area contributed by atoms with Crippen molar-refractivity contribution in [3.8, 4) is 0 Å². The van der Waals surface area contributed by atoms with Gasteiger partial charge in [-0.05, 0) is 30.7 Å². The predicted octanol–water partition coefficient (Wildman–Crippen LogP) is 2.12. The number of aromatic nitrogens is 8. The molecule has 0 amide bonds. The van der Waals surface area contributed by atoms with E-state index in [1.807, 2.05) is 43.3 Å². The van der Waals surface area contributed by atoms with E-state index in [1.54, 1.807) is 30.2 Å². The van der Waals surface area contributed by atoms with Gasteiger partial charge >= 0.3 is 0 Å². The Morgan fingerprint density at radius 3 is 2.53 bits per heavy atom. The van der Waals surface area contributed by atoms with Crippen LogP contribution in [0.5, 0.6) is 0 Å². The predicted molar refractivity (Wildman–Crippen MR) is 128 cm³/mol. The van der Waals surface area contributed by atoms with Crippen molar-refractivity contribution in [2.45, 2.75) is 20.0 Å². The topological polar surface area (TPSA) is 116 Å². The van der Waals surface area contributed by atoms with Crippen molar-refractivity contribution < 1.29 is 0 Å². The number of pyridine rings is 1. The Morgan fingerprint density at radius 1 is 0.882 bits per heavy atom. The minimum atomic E-state index is -0.284. The van der Waals surface area contributed by atoms with Crippen LogP contribution in [0, 0.1) is 6.92 Å². The number of aromatic amines is 1.